The van der Waals surface area contributed by atoms with E-state index in [1.54, 1.807) is 14.2 Å². The Morgan fingerprint density at radius 1 is 1.33 bits per heavy atom. The first-order valence-electron chi connectivity index (χ1n) is 6.58. The zero-order valence-electron chi connectivity index (χ0n) is 12.1. The molecule has 0 saturated carbocycles. The lowest BCUT2D eigenvalue weighted by Gasteiger charge is -2.23. The van der Waals surface area contributed by atoms with E-state index in [1.165, 1.54) is 0 Å². The number of carbonyl (C=O) groups excluding carboxylic acids is 1. The number of hydrogen-bond acceptors (Lipinski definition) is 6. The molecule has 1 aromatic rings. The van der Waals surface area contributed by atoms with E-state index in [1.807, 2.05) is 25.1 Å². The average Bonchev–Trinajstić information content (AvgIpc) is 2.86. The van der Waals surface area contributed by atoms with Gasteiger partial charge in [-0.05, 0) is 13.0 Å². The van der Waals surface area contributed by atoms with Crippen LogP contribution in [0.25, 0.3) is 0 Å². The van der Waals surface area contributed by atoms with Gasteiger partial charge in [0.2, 0.25) is 0 Å². The maximum Gasteiger partial charge on any atom is 0.338 e. The van der Waals surface area contributed by atoms with Crippen LogP contribution in [-0.4, -0.2) is 32.6 Å². The highest BCUT2D eigenvalue weighted by Gasteiger charge is 2.37. The summed E-state index contributed by atoms with van der Waals surface area (Å²) >= 11 is 0. The molecule has 1 atom stereocenters. The van der Waals surface area contributed by atoms with Crippen LogP contribution in [0.4, 0.5) is 0 Å². The zero-order chi connectivity index (χ0) is 15.0. The highest BCUT2D eigenvalue weighted by Crippen LogP contribution is 2.42. The van der Waals surface area contributed by atoms with Crippen LogP contribution in [0.1, 0.15) is 18.5 Å². The fourth-order valence-electron chi connectivity index (χ4n) is 2.66. The third-order valence-corrected chi connectivity index (χ3v) is 3.55. The molecular weight excluding hydrogens is 272 g/mol. The van der Waals surface area contributed by atoms with Crippen LogP contribution >= 0.6 is 0 Å². The largest absolute Gasteiger partial charge is 0.493 e. The maximum atomic E-state index is 12.0. The molecule has 1 N–H and O–H groups in total. The number of nitrogens with one attached hydrogen (secondary N) is 1. The fraction of sp³-hybridized carbons (Fsp3) is 0.333. The number of carbonyl (C=O) groups is 1. The van der Waals surface area contributed by atoms with Crippen molar-refractivity contribution in [2.75, 3.05) is 20.8 Å². The number of hydrogen-bond donors (Lipinski definition) is 1. The van der Waals surface area contributed by atoms with E-state index in [4.69, 9.17) is 14.2 Å². The minimum Gasteiger partial charge on any atom is -0.493 e. The molecule has 0 aliphatic carbocycles. The van der Waals surface area contributed by atoms with Crippen molar-refractivity contribution in [2.24, 2.45) is 4.99 Å². The number of cyclic esters (lactones) is 1. The topological polar surface area (TPSA) is 69.2 Å². The normalized spacial score (nSPS) is 20.4. The lowest BCUT2D eigenvalue weighted by atomic mass is 9.96. The molecule has 1 aromatic carbocycles. The standard InChI is InChI=1S/C15H16N2O4/c1-8-16-10-7-21-15(18)12(10)13(17-8)9-5-4-6-11(19-2)14(9)20-3/h4-6,13H,7H2,1-3H3,(H,16,17). The summed E-state index contributed by atoms with van der Waals surface area (Å²) in [6.07, 6.45) is 0. The number of benzene rings is 1. The van der Waals surface area contributed by atoms with Gasteiger partial charge < -0.3 is 19.5 Å². The minimum atomic E-state index is -0.443. The van der Waals surface area contributed by atoms with Crippen molar-refractivity contribution in [1.82, 2.24) is 5.32 Å². The summed E-state index contributed by atoms with van der Waals surface area (Å²) in [5, 5.41) is 3.09. The predicted octanol–water partition coefficient (Wildman–Crippen LogP) is 1.58. The molecule has 0 radical (unpaired) electrons. The summed E-state index contributed by atoms with van der Waals surface area (Å²) in [4.78, 5) is 16.5. The quantitative estimate of drug-likeness (QED) is 0.855. The first kappa shape index (κ1) is 13.5. The molecule has 0 fully saturated rings. The number of esters is 1. The van der Waals surface area contributed by atoms with Crippen LogP contribution < -0.4 is 14.8 Å². The van der Waals surface area contributed by atoms with E-state index in [-0.39, 0.29) is 12.6 Å². The van der Waals surface area contributed by atoms with Gasteiger partial charge in [-0.1, -0.05) is 12.1 Å². The Bertz CT molecular complexity index is 664. The third-order valence-electron chi connectivity index (χ3n) is 3.55. The molecule has 2 aliphatic heterocycles. The van der Waals surface area contributed by atoms with Gasteiger partial charge in [-0.3, -0.25) is 4.99 Å². The van der Waals surface area contributed by atoms with Crippen molar-refractivity contribution in [1.29, 1.82) is 0 Å². The molecule has 0 amide bonds. The SMILES string of the molecule is COc1cccc(C2N=C(C)NC3=C2C(=O)OC3)c1OC. The number of ether oxygens (including phenoxy) is 3. The number of methoxy groups -OCH3 is 2. The second-order valence-electron chi connectivity index (χ2n) is 4.79. The van der Waals surface area contributed by atoms with Crippen LogP contribution in [-0.2, 0) is 9.53 Å². The number of nitrogens with zero attached hydrogens (tertiary/aromatic N) is 1. The van der Waals surface area contributed by atoms with Crippen LogP contribution in [0, 0.1) is 0 Å². The monoisotopic (exact) mass is 288 g/mol. The summed E-state index contributed by atoms with van der Waals surface area (Å²) < 4.78 is 15.9. The zero-order valence-corrected chi connectivity index (χ0v) is 12.1. The van der Waals surface area contributed by atoms with E-state index in [9.17, 15) is 4.79 Å². The Labute approximate surface area is 122 Å². The average molecular weight is 288 g/mol. The Morgan fingerprint density at radius 3 is 2.86 bits per heavy atom. The summed E-state index contributed by atoms with van der Waals surface area (Å²) in [5.41, 5.74) is 2.08. The summed E-state index contributed by atoms with van der Waals surface area (Å²) in [6, 6.07) is 5.10. The molecule has 3 rings (SSSR count). The van der Waals surface area contributed by atoms with Crippen LogP contribution in [0.5, 0.6) is 11.5 Å². The van der Waals surface area contributed by atoms with Crippen molar-refractivity contribution >= 4 is 11.8 Å². The Hall–Kier alpha value is -2.50. The van der Waals surface area contributed by atoms with E-state index in [0.29, 0.717) is 17.1 Å². The number of aliphatic imine (C=N–C) groups is 1. The van der Waals surface area contributed by atoms with Crippen LogP contribution in [0.15, 0.2) is 34.5 Å². The Balaban J connectivity index is 2.14. The van der Waals surface area contributed by atoms with Gasteiger partial charge in [0, 0.05) is 5.56 Å². The fourth-order valence-corrected chi connectivity index (χ4v) is 2.66. The van der Waals surface area contributed by atoms with Crippen molar-refractivity contribution in [2.45, 2.75) is 13.0 Å². The lowest BCUT2D eigenvalue weighted by Crippen LogP contribution is -2.28. The van der Waals surface area contributed by atoms with Gasteiger partial charge >= 0.3 is 5.97 Å². The molecule has 110 valence electrons. The van der Waals surface area contributed by atoms with Crippen molar-refractivity contribution < 1.29 is 19.0 Å². The first-order valence-corrected chi connectivity index (χ1v) is 6.58. The molecule has 0 saturated heterocycles. The van der Waals surface area contributed by atoms with Crippen molar-refractivity contribution in [3.63, 3.8) is 0 Å². The second-order valence-corrected chi connectivity index (χ2v) is 4.79. The van der Waals surface area contributed by atoms with Gasteiger partial charge in [-0.15, -0.1) is 0 Å². The minimum absolute atomic E-state index is 0.254. The number of para-hydroxylation sites is 1. The smallest absolute Gasteiger partial charge is 0.338 e. The van der Waals surface area contributed by atoms with E-state index in [0.717, 1.165) is 17.1 Å². The Morgan fingerprint density at radius 2 is 2.14 bits per heavy atom. The van der Waals surface area contributed by atoms with Gasteiger partial charge in [0.1, 0.15) is 12.6 Å². The van der Waals surface area contributed by atoms with Gasteiger partial charge in [-0.25, -0.2) is 4.79 Å². The van der Waals surface area contributed by atoms with Crippen molar-refractivity contribution in [3.8, 4) is 11.5 Å². The molecule has 0 aromatic heterocycles. The highest BCUT2D eigenvalue weighted by molar-refractivity contribution is 5.97. The molecule has 1 unspecified atom stereocenters. The lowest BCUT2D eigenvalue weighted by molar-refractivity contribution is -0.136. The van der Waals surface area contributed by atoms with Crippen LogP contribution in [0.2, 0.25) is 0 Å². The molecule has 0 bridgehead atoms. The molecule has 21 heavy (non-hydrogen) atoms. The molecule has 6 heteroatoms. The van der Waals surface area contributed by atoms with Gasteiger partial charge in [-0.2, -0.15) is 0 Å². The molecular formula is C15H16N2O4. The second kappa shape index (κ2) is 5.12. The van der Waals surface area contributed by atoms with Gasteiger partial charge in [0.05, 0.1) is 31.3 Å². The predicted molar refractivity (Wildman–Crippen MR) is 76.5 cm³/mol. The molecule has 6 nitrogen and oxygen atoms in total. The molecule has 2 aliphatic rings. The maximum absolute atomic E-state index is 12.0. The third kappa shape index (κ3) is 2.12. The first-order chi connectivity index (χ1) is 10.2. The van der Waals surface area contributed by atoms with Crippen molar-refractivity contribution in [3.05, 3.63) is 35.0 Å². The number of rotatable bonds is 3. The van der Waals surface area contributed by atoms with E-state index < -0.39 is 6.04 Å². The van der Waals surface area contributed by atoms with E-state index in [2.05, 4.69) is 10.3 Å². The van der Waals surface area contributed by atoms with E-state index >= 15 is 0 Å². The van der Waals surface area contributed by atoms with Crippen LogP contribution in [0.3, 0.4) is 0 Å². The number of amidine groups is 1. The highest BCUT2D eigenvalue weighted by atomic mass is 16.5. The summed E-state index contributed by atoms with van der Waals surface area (Å²) in [7, 11) is 3.15. The Kier molecular flexibility index (Phi) is 3.29. The molecule has 2 heterocycles. The summed E-state index contributed by atoms with van der Waals surface area (Å²) in [6.45, 7) is 2.11. The molecule has 0 spiro atoms. The summed E-state index contributed by atoms with van der Waals surface area (Å²) in [5.74, 6) is 1.58. The van der Waals surface area contributed by atoms with Gasteiger partial charge in [0.15, 0.2) is 11.5 Å². The van der Waals surface area contributed by atoms with Gasteiger partial charge in [0.25, 0.3) is 0 Å².